The van der Waals surface area contributed by atoms with Gasteiger partial charge in [-0.2, -0.15) is 16.1 Å². The highest BCUT2D eigenvalue weighted by molar-refractivity contribution is 7.99. The third kappa shape index (κ3) is 5.63. The van der Waals surface area contributed by atoms with E-state index in [0.29, 0.717) is 30.9 Å². The van der Waals surface area contributed by atoms with Gasteiger partial charge in [0.1, 0.15) is 9.77 Å². The van der Waals surface area contributed by atoms with Crippen LogP contribution < -0.4 is 10.6 Å². The fourth-order valence-electron chi connectivity index (χ4n) is 3.00. The van der Waals surface area contributed by atoms with E-state index in [1.54, 1.807) is 41.4 Å². The van der Waals surface area contributed by atoms with Crippen LogP contribution in [0.15, 0.2) is 40.6 Å². The van der Waals surface area contributed by atoms with Gasteiger partial charge in [0.25, 0.3) is 5.91 Å². The van der Waals surface area contributed by atoms with Crippen molar-refractivity contribution in [2.75, 3.05) is 35.2 Å². The number of thiophene rings is 1. The molecule has 0 bridgehead atoms. The fraction of sp³-hybridized carbons (Fsp3) is 0.400. The highest BCUT2D eigenvalue weighted by atomic mass is 32.2. The Balaban J connectivity index is 1.69. The fourth-order valence-corrected chi connectivity index (χ4v) is 6.87. The number of hydrogen-bond acceptors (Lipinski definition) is 6. The first-order chi connectivity index (χ1) is 14.3. The Hall–Kier alpha value is -1.88. The Bertz CT molecular complexity index is 995. The minimum atomic E-state index is -3.69. The van der Waals surface area contributed by atoms with Gasteiger partial charge in [-0.05, 0) is 41.6 Å². The zero-order valence-electron chi connectivity index (χ0n) is 16.9. The van der Waals surface area contributed by atoms with E-state index in [1.807, 2.05) is 13.8 Å². The predicted octanol–water partition coefficient (Wildman–Crippen LogP) is 3.72. The quantitative estimate of drug-likeness (QED) is 0.647. The van der Waals surface area contributed by atoms with Crippen molar-refractivity contribution < 1.29 is 18.0 Å². The van der Waals surface area contributed by atoms with Crippen LogP contribution in [0.5, 0.6) is 0 Å². The number of sulfonamides is 1. The van der Waals surface area contributed by atoms with Crippen molar-refractivity contribution in [3.63, 3.8) is 0 Å². The van der Waals surface area contributed by atoms with Crippen molar-refractivity contribution >= 4 is 56.3 Å². The van der Waals surface area contributed by atoms with Crippen LogP contribution in [0.2, 0.25) is 0 Å². The summed E-state index contributed by atoms with van der Waals surface area (Å²) in [5, 5.41) is 7.17. The van der Waals surface area contributed by atoms with Crippen molar-refractivity contribution in [3.8, 4) is 0 Å². The van der Waals surface area contributed by atoms with Crippen LogP contribution >= 0.6 is 23.1 Å². The largest absolute Gasteiger partial charge is 0.326 e. The number of hydrogen-bond donors (Lipinski definition) is 2. The summed E-state index contributed by atoms with van der Waals surface area (Å²) in [5.74, 6) is 1.25. The van der Waals surface area contributed by atoms with E-state index >= 15 is 0 Å². The monoisotopic (exact) mass is 467 g/mol. The molecule has 2 heterocycles. The van der Waals surface area contributed by atoms with E-state index < -0.39 is 15.9 Å². The summed E-state index contributed by atoms with van der Waals surface area (Å²) in [4.78, 5) is 24.8. The molecular formula is C20H25N3O4S3. The number of anilines is 2. The molecule has 162 valence electrons. The maximum atomic E-state index is 13.0. The van der Waals surface area contributed by atoms with E-state index in [1.165, 1.54) is 10.4 Å². The van der Waals surface area contributed by atoms with Crippen LogP contribution in [0.1, 0.15) is 29.9 Å². The number of thioether (sulfide) groups is 1. The van der Waals surface area contributed by atoms with Gasteiger partial charge in [-0.3, -0.25) is 9.59 Å². The molecule has 0 spiro atoms. The normalized spacial score (nSPS) is 15.2. The first-order valence-corrected chi connectivity index (χ1v) is 13.1. The van der Waals surface area contributed by atoms with Crippen LogP contribution in [0.3, 0.4) is 0 Å². The van der Waals surface area contributed by atoms with Gasteiger partial charge < -0.3 is 10.6 Å². The smallest absolute Gasteiger partial charge is 0.267 e. The molecule has 0 saturated carbocycles. The molecule has 0 atom stereocenters. The van der Waals surface area contributed by atoms with Gasteiger partial charge in [-0.15, -0.1) is 11.3 Å². The lowest BCUT2D eigenvalue weighted by molar-refractivity contribution is -0.116. The standard InChI is InChI=1S/C20H25N3O4S3/c1-14(2)13-18(24)21-15-3-5-16(6-4-15)22-20(25)19-17(7-10-29-19)30(26,27)23-8-11-28-12-9-23/h3-7,10,14H,8-9,11-13H2,1-2H3,(H,21,24)(H,22,25). The molecule has 3 rings (SSSR count). The molecule has 2 aromatic rings. The molecule has 1 saturated heterocycles. The summed E-state index contributed by atoms with van der Waals surface area (Å²) in [7, 11) is -3.69. The van der Waals surface area contributed by atoms with E-state index in [9.17, 15) is 18.0 Å². The van der Waals surface area contributed by atoms with Gasteiger partial charge in [-0.1, -0.05) is 13.8 Å². The highest BCUT2D eigenvalue weighted by Gasteiger charge is 2.31. The van der Waals surface area contributed by atoms with Gasteiger partial charge in [0.15, 0.2) is 0 Å². The molecule has 10 heteroatoms. The average molecular weight is 468 g/mol. The molecule has 30 heavy (non-hydrogen) atoms. The zero-order valence-corrected chi connectivity index (χ0v) is 19.3. The predicted molar refractivity (Wildman–Crippen MR) is 123 cm³/mol. The summed E-state index contributed by atoms with van der Waals surface area (Å²) in [5.41, 5.74) is 1.16. The molecule has 2 amide bonds. The first-order valence-electron chi connectivity index (χ1n) is 9.64. The number of nitrogens with zero attached hydrogens (tertiary/aromatic N) is 1. The molecule has 0 unspecified atom stereocenters. The second kappa shape index (κ2) is 9.95. The van der Waals surface area contributed by atoms with Crippen molar-refractivity contribution in [3.05, 3.63) is 40.6 Å². The molecule has 1 aliphatic heterocycles. The molecular weight excluding hydrogens is 442 g/mol. The molecule has 1 fully saturated rings. The molecule has 0 radical (unpaired) electrons. The van der Waals surface area contributed by atoms with Crippen LogP contribution in [0.4, 0.5) is 11.4 Å². The molecule has 1 aromatic heterocycles. The van der Waals surface area contributed by atoms with E-state index in [-0.39, 0.29) is 21.6 Å². The number of amides is 2. The van der Waals surface area contributed by atoms with E-state index in [4.69, 9.17) is 0 Å². The lowest BCUT2D eigenvalue weighted by Gasteiger charge is -2.25. The Morgan fingerprint density at radius 2 is 1.63 bits per heavy atom. The lowest BCUT2D eigenvalue weighted by atomic mass is 10.1. The highest BCUT2D eigenvalue weighted by Crippen LogP contribution is 2.28. The summed E-state index contributed by atoms with van der Waals surface area (Å²) < 4.78 is 27.3. The van der Waals surface area contributed by atoms with Crippen molar-refractivity contribution in [2.45, 2.75) is 25.2 Å². The second-order valence-electron chi connectivity index (χ2n) is 7.31. The topological polar surface area (TPSA) is 95.6 Å². The second-order valence-corrected chi connectivity index (χ2v) is 11.4. The third-order valence-electron chi connectivity index (χ3n) is 4.44. The maximum absolute atomic E-state index is 13.0. The molecule has 2 N–H and O–H groups in total. The van der Waals surface area contributed by atoms with Gasteiger partial charge in [0, 0.05) is 42.4 Å². The Morgan fingerprint density at radius 3 is 2.23 bits per heavy atom. The lowest BCUT2D eigenvalue weighted by Crippen LogP contribution is -2.38. The SMILES string of the molecule is CC(C)CC(=O)Nc1ccc(NC(=O)c2sccc2S(=O)(=O)N2CCSCC2)cc1. The van der Waals surface area contributed by atoms with Gasteiger partial charge in [-0.25, -0.2) is 8.42 Å². The minimum absolute atomic E-state index is 0.0504. The minimum Gasteiger partial charge on any atom is -0.326 e. The van der Waals surface area contributed by atoms with Gasteiger partial charge in [0.2, 0.25) is 15.9 Å². The summed E-state index contributed by atoms with van der Waals surface area (Å²) in [6.45, 7) is 4.85. The number of carbonyl (C=O) groups is 2. The number of carbonyl (C=O) groups excluding carboxylic acids is 2. The van der Waals surface area contributed by atoms with Gasteiger partial charge in [0.05, 0.1) is 0 Å². The number of benzene rings is 1. The maximum Gasteiger partial charge on any atom is 0.267 e. The molecule has 0 aliphatic carbocycles. The zero-order chi connectivity index (χ0) is 21.7. The van der Waals surface area contributed by atoms with Crippen molar-refractivity contribution in [1.82, 2.24) is 4.31 Å². The summed E-state index contributed by atoms with van der Waals surface area (Å²) >= 11 is 2.83. The third-order valence-corrected chi connectivity index (χ3v) is 8.37. The number of nitrogens with one attached hydrogen (secondary N) is 2. The van der Waals surface area contributed by atoms with Crippen molar-refractivity contribution in [2.24, 2.45) is 5.92 Å². The molecule has 1 aliphatic rings. The Morgan fingerprint density at radius 1 is 1.03 bits per heavy atom. The Kier molecular flexibility index (Phi) is 7.56. The Labute approximate surface area is 185 Å². The van der Waals surface area contributed by atoms with E-state index in [0.717, 1.165) is 22.8 Å². The summed E-state index contributed by atoms with van der Waals surface area (Å²) in [6.07, 6.45) is 0.434. The van der Waals surface area contributed by atoms with Crippen LogP contribution in [-0.4, -0.2) is 49.1 Å². The summed E-state index contributed by atoms with van der Waals surface area (Å²) in [6, 6.07) is 8.24. The van der Waals surface area contributed by atoms with E-state index in [2.05, 4.69) is 10.6 Å². The molecule has 1 aromatic carbocycles. The first kappa shape index (κ1) is 22.8. The van der Waals surface area contributed by atoms with Crippen LogP contribution in [-0.2, 0) is 14.8 Å². The molecule has 7 nitrogen and oxygen atoms in total. The van der Waals surface area contributed by atoms with Crippen molar-refractivity contribution in [1.29, 1.82) is 0 Å². The number of rotatable bonds is 7. The van der Waals surface area contributed by atoms with Crippen LogP contribution in [0.25, 0.3) is 0 Å². The average Bonchev–Trinajstić information content (AvgIpc) is 3.20. The van der Waals surface area contributed by atoms with Gasteiger partial charge >= 0.3 is 0 Å². The van der Waals surface area contributed by atoms with Crippen LogP contribution in [0, 0.1) is 5.92 Å².